The maximum Gasteiger partial charge on any atom is 0.278 e. The van der Waals surface area contributed by atoms with Gasteiger partial charge in [0.05, 0.1) is 6.07 Å². The van der Waals surface area contributed by atoms with Gasteiger partial charge in [-0.05, 0) is 12.3 Å². The molecule has 1 atom stereocenters. The van der Waals surface area contributed by atoms with Gasteiger partial charge in [-0.25, -0.2) is 4.72 Å². The monoisotopic (exact) mass is 219 g/mol. The number of hydrogen-bond donors (Lipinski definition) is 2. The molecular formula is C8H17N3O2S. The Morgan fingerprint density at radius 2 is 2.00 bits per heavy atom. The van der Waals surface area contributed by atoms with Crippen LogP contribution in [-0.2, 0) is 10.2 Å². The third-order valence-electron chi connectivity index (χ3n) is 1.63. The Kier molecular flexibility index (Phi) is 5.69. The van der Waals surface area contributed by atoms with Crippen molar-refractivity contribution in [3.8, 4) is 6.07 Å². The minimum absolute atomic E-state index is 0.0433. The first-order valence-electron chi connectivity index (χ1n) is 4.59. The van der Waals surface area contributed by atoms with Crippen LogP contribution in [0.2, 0.25) is 0 Å². The van der Waals surface area contributed by atoms with Crippen LogP contribution in [-0.4, -0.2) is 21.0 Å². The molecule has 0 heterocycles. The van der Waals surface area contributed by atoms with Gasteiger partial charge in [0, 0.05) is 6.54 Å². The number of nitrogens with zero attached hydrogens (tertiary/aromatic N) is 1. The Morgan fingerprint density at radius 3 is 2.36 bits per heavy atom. The van der Waals surface area contributed by atoms with Crippen LogP contribution in [0.25, 0.3) is 0 Å². The van der Waals surface area contributed by atoms with Crippen LogP contribution in [0.1, 0.15) is 27.2 Å². The zero-order valence-corrected chi connectivity index (χ0v) is 9.56. The summed E-state index contributed by atoms with van der Waals surface area (Å²) in [6, 6.07) is 1.23. The lowest BCUT2D eigenvalue weighted by Crippen LogP contribution is -2.44. The van der Waals surface area contributed by atoms with Crippen molar-refractivity contribution in [1.82, 2.24) is 9.44 Å². The largest absolute Gasteiger partial charge is 0.278 e. The number of nitrogens with one attached hydrogen (secondary N) is 2. The fourth-order valence-corrected chi connectivity index (χ4v) is 1.97. The van der Waals surface area contributed by atoms with Gasteiger partial charge in [0.1, 0.15) is 6.04 Å². The summed E-state index contributed by atoms with van der Waals surface area (Å²) < 4.78 is 27.2. The van der Waals surface area contributed by atoms with E-state index in [2.05, 4.69) is 9.44 Å². The molecule has 14 heavy (non-hydrogen) atoms. The highest BCUT2D eigenvalue weighted by atomic mass is 32.2. The molecule has 0 rings (SSSR count). The lowest BCUT2D eigenvalue weighted by Gasteiger charge is -2.15. The van der Waals surface area contributed by atoms with E-state index in [0.29, 0.717) is 6.54 Å². The normalized spacial score (nSPS) is 13.9. The van der Waals surface area contributed by atoms with Crippen LogP contribution in [0.3, 0.4) is 0 Å². The first-order chi connectivity index (χ1) is 6.43. The molecule has 1 unspecified atom stereocenters. The fraction of sp³-hybridized carbons (Fsp3) is 0.875. The molecule has 0 saturated heterocycles. The average Bonchev–Trinajstić information content (AvgIpc) is 2.10. The summed E-state index contributed by atoms with van der Waals surface area (Å²) in [5, 5.41) is 8.68. The van der Waals surface area contributed by atoms with Crippen molar-refractivity contribution in [2.75, 3.05) is 6.54 Å². The number of nitriles is 1. The second-order valence-electron chi connectivity index (χ2n) is 3.37. The molecule has 2 N–H and O–H groups in total. The van der Waals surface area contributed by atoms with Gasteiger partial charge in [0.25, 0.3) is 10.2 Å². The van der Waals surface area contributed by atoms with E-state index in [1.54, 1.807) is 13.8 Å². The summed E-state index contributed by atoms with van der Waals surface area (Å²) in [6.07, 6.45) is 0.722. The molecule has 0 aromatic carbocycles. The topological polar surface area (TPSA) is 82.0 Å². The summed E-state index contributed by atoms with van der Waals surface area (Å²) in [5.41, 5.74) is 0. The SMILES string of the molecule is CCCNS(=O)(=O)NC(C#N)C(C)C. The molecule has 6 heteroatoms. The van der Waals surface area contributed by atoms with E-state index in [4.69, 9.17) is 5.26 Å². The molecule has 0 saturated carbocycles. The summed E-state index contributed by atoms with van der Waals surface area (Å²) >= 11 is 0. The molecule has 0 aliphatic rings. The third-order valence-corrected chi connectivity index (χ3v) is 2.78. The summed E-state index contributed by atoms with van der Waals surface area (Å²) in [4.78, 5) is 0. The second-order valence-corrected chi connectivity index (χ2v) is 4.90. The van der Waals surface area contributed by atoms with Crippen molar-refractivity contribution in [3.05, 3.63) is 0 Å². The van der Waals surface area contributed by atoms with Crippen molar-refractivity contribution < 1.29 is 8.42 Å². The first kappa shape index (κ1) is 13.4. The standard InChI is InChI=1S/C8H17N3O2S/c1-4-5-10-14(12,13)11-8(6-9)7(2)3/h7-8,10-11H,4-5H2,1-3H3. The number of hydrogen-bond acceptors (Lipinski definition) is 3. The highest BCUT2D eigenvalue weighted by Gasteiger charge is 2.19. The zero-order valence-electron chi connectivity index (χ0n) is 8.74. The fourth-order valence-electron chi connectivity index (χ4n) is 0.757. The first-order valence-corrected chi connectivity index (χ1v) is 6.07. The molecule has 0 bridgehead atoms. The molecule has 5 nitrogen and oxygen atoms in total. The molecule has 0 spiro atoms. The Morgan fingerprint density at radius 1 is 1.43 bits per heavy atom. The van der Waals surface area contributed by atoms with E-state index in [9.17, 15) is 8.42 Å². The Bertz CT molecular complexity index is 292. The van der Waals surface area contributed by atoms with Crippen LogP contribution >= 0.6 is 0 Å². The highest BCUT2D eigenvalue weighted by molar-refractivity contribution is 7.87. The van der Waals surface area contributed by atoms with E-state index < -0.39 is 16.3 Å². The van der Waals surface area contributed by atoms with Crippen LogP contribution in [0.4, 0.5) is 0 Å². The molecule has 0 aliphatic carbocycles. The van der Waals surface area contributed by atoms with Crippen molar-refractivity contribution in [1.29, 1.82) is 5.26 Å². The highest BCUT2D eigenvalue weighted by Crippen LogP contribution is 2.00. The number of rotatable bonds is 6. The average molecular weight is 219 g/mol. The Labute approximate surface area is 85.7 Å². The summed E-state index contributed by atoms with van der Waals surface area (Å²) in [7, 11) is -3.52. The Hall–Kier alpha value is -0.640. The predicted octanol–water partition coefficient (Wildman–Crippen LogP) is 0.369. The summed E-state index contributed by atoms with van der Waals surface area (Å²) in [6.45, 7) is 5.82. The lowest BCUT2D eigenvalue weighted by molar-refractivity contribution is 0.507. The van der Waals surface area contributed by atoms with Gasteiger partial charge in [0.2, 0.25) is 0 Å². The quantitative estimate of drug-likeness (QED) is 0.677. The van der Waals surface area contributed by atoms with Crippen LogP contribution < -0.4 is 9.44 Å². The molecule has 0 aromatic rings. The zero-order chi connectivity index (χ0) is 11.2. The second kappa shape index (κ2) is 5.96. The van der Waals surface area contributed by atoms with Gasteiger partial charge in [0.15, 0.2) is 0 Å². The van der Waals surface area contributed by atoms with Crippen molar-refractivity contribution >= 4 is 10.2 Å². The smallest absolute Gasteiger partial charge is 0.202 e. The van der Waals surface area contributed by atoms with Gasteiger partial charge >= 0.3 is 0 Å². The van der Waals surface area contributed by atoms with Gasteiger partial charge in [-0.2, -0.15) is 18.4 Å². The van der Waals surface area contributed by atoms with Gasteiger partial charge in [-0.3, -0.25) is 0 Å². The van der Waals surface area contributed by atoms with E-state index in [0.717, 1.165) is 6.42 Å². The van der Waals surface area contributed by atoms with E-state index in [1.807, 2.05) is 13.0 Å². The van der Waals surface area contributed by atoms with Crippen molar-refractivity contribution in [3.63, 3.8) is 0 Å². The maximum atomic E-state index is 11.3. The van der Waals surface area contributed by atoms with Crippen LogP contribution in [0, 0.1) is 17.2 Å². The molecule has 0 radical (unpaired) electrons. The summed E-state index contributed by atoms with van der Waals surface area (Å²) in [5.74, 6) is -0.0433. The van der Waals surface area contributed by atoms with Crippen LogP contribution in [0.5, 0.6) is 0 Å². The lowest BCUT2D eigenvalue weighted by atomic mass is 10.1. The minimum atomic E-state index is -3.52. The molecular weight excluding hydrogens is 202 g/mol. The van der Waals surface area contributed by atoms with E-state index >= 15 is 0 Å². The Balaban J connectivity index is 4.28. The van der Waals surface area contributed by atoms with Gasteiger partial charge < -0.3 is 0 Å². The molecule has 0 aromatic heterocycles. The maximum absolute atomic E-state index is 11.3. The molecule has 82 valence electrons. The van der Waals surface area contributed by atoms with E-state index in [1.165, 1.54) is 0 Å². The van der Waals surface area contributed by atoms with E-state index in [-0.39, 0.29) is 5.92 Å². The molecule has 0 amide bonds. The van der Waals surface area contributed by atoms with Gasteiger partial charge in [-0.1, -0.05) is 20.8 Å². The molecule has 0 aliphatic heterocycles. The third kappa shape index (κ3) is 5.17. The minimum Gasteiger partial charge on any atom is -0.202 e. The van der Waals surface area contributed by atoms with Crippen molar-refractivity contribution in [2.24, 2.45) is 5.92 Å². The van der Waals surface area contributed by atoms with Crippen molar-refractivity contribution in [2.45, 2.75) is 33.2 Å². The van der Waals surface area contributed by atoms with Crippen LogP contribution in [0.15, 0.2) is 0 Å². The predicted molar refractivity (Wildman–Crippen MR) is 54.6 cm³/mol. The van der Waals surface area contributed by atoms with Gasteiger partial charge in [-0.15, -0.1) is 0 Å². The molecule has 0 fully saturated rings.